The SMILES string of the molecule is CNc1cc(S(=O)(=O)NC2CCC(COCN3CCOCC3C3CC3)CC2)ccc1C#Cc1ccc(CCC(=O)OC)cc1. The smallest absolute Gasteiger partial charge is 0.305 e. The van der Waals surface area contributed by atoms with Crippen molar-refractivity contribution >= 4 is 21.7 Å². The number of carbonyl (C=O) groups is 1. The van der Waals surface area contributed by atoms with Crippen molar-refractivity contribution in [3.05, 3.63) is 59.2 Å². The standard InChI is InChI=1S/C34H45N3O6S/c1-35-32-21-31(17-14-28(32)11-7-25-3-5-26(6-4-25)10-18-34(38)41-2)44(39,40)36-30-15-8-27(9-16-30)22-43-24-37-19-20-42-23-33(37)29-12-13-29/h3-6,14,17,21,27,29-30,33,35-36H,8-10,12-13,15-16,18-20,22-24H2,1-2H3. The molecule has 238 valence electrons. The highest BCUT2D eigenvalue weighted by molar-refractivity contribution is 7.89. The van der Waals surface area contributed by atoms with E-state index in [0.29, 0.717) is 42.8 Å². The van der Waals surface area contributed by atoms with E-state index < -0.39 is 10.0 Å². The van der Waals surface area contributed by atoms with Gasteiger partial charge < -0.3 is 19.5 Å². The molecule has 0 amide bonds. The summed E-state index contributed by atoms with van der Waals surface area (Å²) in [6, 6.07) is 13.1. The fraction of sp³-hybridized carbons (Fsp3) is 0.559. The number of nitrogens with one attached hydrogen (secondary N) is 2. The number of aryl methyl sites for hydroxylation is 1. The van der Waals surface area contributed by atoms with Crippen LogP contribution in [0.3, 0.4) is 0 Å². The van der Waals surface area contributed by atoms with E-state index in [2.05, 4.69) is 26.8 Å². The summed E-state index contributed by atoms with van der Waals surface area (Å²) in [4.78, 5) is 14.0. The number of anilines is 1. The van der Waals surface area contributed by atoms with Gasteiger partial charge in [0.15, 0.2) is 0 Å². The zero-order valence-electron chi connectivity index (χ0n) is 25.8. The van der Waals surface area contributed by atoms with Crippen LogP contribution in [0.15, 0.2) is 47.4 Å². The Kier molecular flexibility index (Phi) is 11.3. The number of ether oxygens (including phenoxy) is 3. The number of rotatable bonds is 12. The molecule has 5 rings (SSSR count). The lowest BCUT2D eigenvalue weighted by Crippen LogP contribution is -2.47. The van der Waals surface area contributed by atoms with E-state index in [0.717, 1.165) is 69.1 Å². The zero-order valence-corrected chi connectivity index (χ0v) is 26.7. The third-order valence-corrected chi connectivity index (χ3v) is 10.5. The van der Waals surface area contributed by atoms with Crippen LogP contribution in [-0.2, 0) is 35.4 Å². The van der Waals surface area contributed by atoms with E-state index in [1.54, 1.807) is 25.2 Å². The quantitative estimate of drug-likeness (QED) is 0.268. The van der Waals surface area contributed by atoms with Crippen LogP contribution in [-0.4, -0.2) is 78.6 Å². The lowest BCUT2D eigenvalue weighted by molar-refractivity contribution is -0.140. The topological polar surface area (TPSA) is 106 Å². The van der Waals surface area contributed by atoms with Gasteiger partial charge in [-0.15, -0.1) is 0 Å². The van der Waals surface area contributed by atoms with Crippen molar-refractivity contribution < 1.29 is 27.4 Å². The summed E-state index contributed by atoms with van der Waals surface area (Å²) in [5.41, 5.74) is 3.23. The molecule has 2 aliphatic carbocycles. The van der Waals surface area contributed by atoms with E-state index in [4.69, 9.17) is 14.2 Å². The van der Waals surface area contributed by atoms with E-state index in [1.807, 2.05) is 24.3 Å². The monoisotopic (exact) mass is 623 g/mol. The Bertz CT molecular complexity index is 1420. The van der Waals surface area contributed by atoms with Crippen LogP contribution in [0.4, 0.5) is 5.69 Å². The first-order chi connectivity index (χ1) is 21.3. The molecule has 2 saturated carbocycles. The van der Waals surface area contributed by atoms with Crippen molar-refractivity contribution in [1.29, 1.82) is 0 Å². The minimum absolute atomic E-state index is 0.0807. The highest BCUT2D eigenvalue weighted by Crippen LogP contribution is 2.36. The van der Waals surface area contributed by atoms with Crippen LogP contribution in [0.2, 0.25) is 0 Å². The van der Waals surface area contributed by atoms with Crippen LogP contribution in [0.25, 0.3) is 0 Å². The van der Waals surface area contributed by atoms with Crippen LogP contribution in [0.1, 0.15) is 61.6 Å². The summed E-state index contributed by atoms with van der Waals surface area (Å²) in [5, 5.41) is 3.09. The molecule has 0 bridgehead atoms. The van der Waals surface area contributed by atoms with Crippen molar-refractivity contribution in [2.24, 2.45) is 11.8 Å². The minimum Gasteiger partial charge on any atom is -0.469 e. The van der Waals surface area contributed by atoms with Crippen molar-refractivity contribution in [2.75, 3.05) is 52.6 Å². The van der Waals surface area contributed by atoms with Gasteiger partial charge in [0.25, 0.3) is 0 Å². The molecule has 1 heterocycles. The van der Waals surface area contributed by atoms with Gasteiger partial charge in [0, 0.05) is 43.2 Å². The molecule has 1 saturated heterocycles. The van der Waals surface area contributed by atoms with E-state index >= 15 is 0 Å². The third-order valence-electron chi connectivity index (χ3n) is 8.94. The molecule has 1 aliphatic heterocycles. The molecule has 44 heavy (non-hydrogen) atoms. The maximum absolute atomic E-state index is 13.3. The van der Waals surface area contributed by atoms with Gasteiger partial charge in [-0.25, -0.2) is 13.1 Å². The summed E-state index contributed by atoms with van der Waals surface area (Å²) in [5.74, 6) is 7.29. The largest absolute Gasteiger partial charge is 0.469 e. The van der Waals surface area contributed by atoms with Crippen LogP contribution < -0.4 is 10.0 Å². The van der Waals surface area contributed by atoms with Gasteiger partial charge in [0.1, 0.15) is 0 Å². The van der Waals surface area contributed by atoms with E-state index in [-0.39, 0.29) is 16.9 Å². The van der Waals surface area contributed by atoms with Crippen LogP contribution in [0, 0.1) is 23.7 Å². The molecule has 2 aromatic carbocycles. The number of carbonyl (C=O) groups excluding carboxylic acids is 1. The first-order valence-corrected chi connectivity index (χ1v) is 17.2. The number of methoxy groups -OCH3 is 1. The number of morpholine rings is 1. The molecule has 3 aliphatic rings. The van der Waals surface area contributed by atoms with Gasteiger partial charge in [-0.3, -0.25) is 9.69 Å². The molecule has 1 atom stereocenters. The first kappa shape index (κ1) is 32.5. The molecule has 0 spiro atoms. The van der Waals surface area contributed by atoms with Crippen molar-refractivity contribution in [2.45, 2.75) is 68.3 Å². The van der Waals surface area contributed by atoms with Gasteiger partial charge in [0.05, 0.1) is 44.2 Å². The van der Waals surface area contributed by atoms with Crippen molar-refractivity contribution in [1.82, 2.24) is 9.62 Å². The van der Waals surface area contributed by atoms with Gasteiger partial charge in [-0.05, 0) is 92.7 Å². The summed E-state index contributed by atoms with van der Waals surface area (Å²) < 4.78 is 46.0. The molecule has 9 nitrogen and oxygen atoms in total. The summed E-state index contributed by atoms with van der Waals surface area (Å²) in [6.45, 7) is 3.92. The normalized spacial score (nSPS) is 22.5. The molecular weight excluding hydrogens is 578 g/mol. The average molecular weight is 624 g/mol. The van der Waals surface area contributed by atoms with Gasteiger partial charge in [0.2, 0.25) is 10.0 Å². The van der Waals surface area contributed by atoms with Crippen molar-refractivity contribution in [3.63, 3.8) is 0 Å². The van der Waals surface area contributed by atoms with E-state index in [1.165, 1.54) is 20.0 Å². The fourth-order valence-electron chi connectivity index (χ4n) is 6.05. The van der Waals surface area contributed by atoms with E-state index in [9.17, 15) is 13.2 Å². The zero-order chi connectivity index (χ0) is 30.9. The second kappa shape index (κ2) is 15.4. The Balaban J connectivity index is 1.10. The molecule has 1 unspecified atom stereocenters. The van der Waals surface area contributed by atoms with Gasteiger partial charge in [-0.2, -0.15) is 0 Å². The number of hydrogen-bond donors (Lipinski definition) is 2. The molecule has 3 fully saturated rings. The second-order valence-electron chi connectivity index (χ2n) is 12.1. The van der Waals surface area contributed by atoms with Gasteiger partial charge in [-0.1, -0.05) is 24.0 Å². The molecule has 2 aromatic rings. The molecule has 0 aromatic heterocycles. The number of benzene rings is 2. The molecule has 2 N–H and O–H groups in total. The van der Waals surface area contributed by atoms with Gasteiger partial charge >= 0.3 is 5.97 Å². The summed E-state index contributed by atoms with van der Waals surface area (Å²) in [6.07, 6.45) is 7.06. The highest BCUT2D eigenvalue weighted by Gasteiger charge is 2.37. The molecule has 10 heteroatoms. The minimum atomic E-state index is -3.67. The number of nitrogens with zero attached hydrogens (tertiary/aromatic N) is 1. The molecule has 0 radical (unpaired) electrons. The van der Waals surface area contributed by atoms with Crippen LogP contribution in [0.5, 0.6) is 0 Å². The highest BCUT2D eigenvalue weighted by atomic mass is 32.2. The summed E-state index contributed by atoms with van der Waals surface area (Å²) in [7, 11) is -0.527. The predicted octanol–water partition coefficient (Wildman–Crippen LogP) is 4.16. The second-order valence-corrected chi connectivity index (χ2v) is 13.8. The molecular formula is C34H45N3O6S. The Morgan fingerprint density at radius 1 is 1.05 bits per heavy atom. The summed E-state index contributed by atoms with van der Waals surface area (Å²) >= 11 is 0. The third kappa shape index (κ3) is 9.05. The van der Waals surface area contributed by atoms with Crippen LogP contribution >= 0.6 is 0 Å². The van der Waals surface area contributed by atoms with Crippen molar-refractivity contribution in [3.8, 4) is 11.8 Å². The lowest BCUT2D eigenvalue weighted by Gasteiger charge is -2.36. The Hall–Kier alpha value is -2.94. The number of hydrogen-bond acceptors (Lipinski definition) is 8. The first-order valence-electron chi connectivity index (χ1n) is 15.8. The maximum Gasteiger partial charge on any atom is 0.305 e. The Labute approximate surface area is 262 Å². The predicted molar refractivity (Wildman–Crippen MR) is 170 cm³/mol. The Morgan fingerprint density at radius 3 is 2.52 bits per heavy atom. The lowest BCUT2D eigenvalue weighted by atomic mass is 9.87. The Morgan fingerprint density at radius 2 is 1.82 bits per heavy atom. The maximum atomic E-state index is 13.3. The average Bonchev–Trinajstić information content (AvgIpc) is 3.89. The number of esters is 1. The fourth-order valence-corrected chi connectivity index (χ4v) is 7.38. The number of sulfonamides is 1.